The first kappa shape index (κ1) is 11.3. The Kier molecular flexibility index (Phi) is 3.50. The molecule has 3 nitrogen and oxygen atoms in total. The van der Waals surface area contributed by atoms with Crippen LogP contribution in [0.15, 0.2) is 48.8 Å². The largest absolute Gasteiger partial charge is 0.348 e. The Hall–Kier alpha value is -2.16. The number of H-pyrrole nitrogens is 1. The van der Waals surface area contributed by atoms with E-state index in [0.717, 1.165) is 11.1 Å². The molecule has 0 spiro atoms. The summed E-state index contributed by atoms with van der Waals surface area (Å²) in [6.07, 6.45) is 3.71. The maximum Gasteiger partial charge on any atom is 0.251 e. The molecule has 1 heterocycles. The van der Waals surface area contributed by atoms with Crippen molar-refractivity contribution in [2.75, 3.05) is 0 Å². The monoisotopic (exact) mass is 227 g/mol. The lowest BCUT2D eigenvalue weighted by atomic mass is 10.1. The number of rotatable bonds is 3. The topological polar surface area (TPSA) is 43.2 Å². The molecule has 0 bridgehead atoms. The second-order valence-corrected chi connectivity index (χ2v) is 3.96. The zero-order valence-electron chi connectivity index (χ0n) is 9.73. The zero-order valence-corrected chi connectivity index (χ0v) is 9.73. The van der Waals surface area contributed by atoms with Gasteiger partial charge in [0, 0.05) is 23.7 Å². The number of nitrogens with one attached hydrogen (secondary N) is 2. The first-order valence-electron chi connectivity index (χ1n) is 5.55. The van der Waals surface area contributed by atoms with Crippen molar-refractivity contribution in [3.63, 3.8) is 0 Å². The Morgan fingerprint density at radius 2 is 2.00 bits per heavy atom. The van der Waals surface area contributed by atoms with Crippen molar-refractivity contribution >= 4 is 5.91 Å². The van der Waals surface area contributed by atoms with E-state index >= 15 is 0 Å². The Labute approximate surface area is 101 Å². The minimum absolute atomic E-state index is 0.0474. The standard InChI is InChI=1S/C14H14N2O/c1-11-4-6-13(7-5-11)14(17)16-10-12-3-2-8-15-9-12/h2-9H,10H2,1H3,(H,16,17)/p+1. The lowest BCUT2D eigenvalue weighted by molar-refractivity contribution is -0.378. The molecular formula is C14H15N2O+. The van der Waals surface area contributed by atoms with Crippen molar-refractivity contribution in [3.8, 4) is 0 Å². The van der Waals surface area contributed by atoms with Crippen LogP contribution in [0.5, 0.6) is 0 Å². The van der Waals surface area contributed by atoms with E-state index in [1.807, 2.05) is 55.7 Å². The summed E-state index contributed by atoms with van der Waals surface area (Å²) in [4.78, 5) is 14.8. The highest BCUT2D eigenvalue weighted by Gasteiger charge is 2.04. The summed E-state index contributed by atoms with van der Waals surface area (Å²) >= 11 is 0. The number of aromatic amines is 1. The molecular weight excluding hydrogens is 212 g/mol. The Bertz CT molecular complexity index is 491. The lowest BCUT2D eigenvalue weighted by Gasteiger charge is -2.04. The van der Waals surface area contributed by atoms with Crippen LogP contribution in [0, 0.1) is 6.92 Å². The van der Waals surface area contributed by atoms with E-state index in [0.29, 0.717) is 12.1 Å². The fourth-order valence-corrected chi connectivity index (χ4v) is 1.53. The van der Waals surface area contributed by atoms with Gasteiger partial charge in [0.15, 0.2) is 12.4 Å². The van der Waals surface area contributed by atoms with Gasteiger partial charge in [0.05, 0.1) is 0 Å². The summed E-state index contributed by atoms with van der Waals surface area (Å²) in [6, 6.07) is 11.4. The van der Waals surface area contributed by atoms with E-state index in [1.54, 1.807) is 0 Å². The second kappa shape index (κ2) is 5.25. The molecule has 86 valence electrons. The molecule has 0 aliphatic carbocycles. The number of pyridine rings is 1. The molecule has 2 N–H and O–H groups in total. The third-order valence-electron chi connectivity index (χ3n) is 2.54. The van der Waals surface area contributed by atoms with Crippen molar-refractivity contribution in [2.24, 2.45) is 0 Å². The second-order valence-electron chi connectivity index (χ2n) is 3.96. The Morgan fingerprint density at radius 1 is 1.24 bits per heavy atom. The number of benzene rings is 1. The van der Waals surface area contributed by atoms with Gasteiger partial charge in [-0.2, -0.15) is 0 Å². The van der Waals surface area contributed by atoms with E-state index < -0.39 is 0 Å². The quantitative estimate of drug-likeness (QED) is 0.852. The van der Waals surface area contributed by atoms with E-state index in [4.69, 9.17) is 0 Å². The molecule has 0 radical (unpaired) electrons. The van der Waals surface area contributed by atoms with Crippen LogP contribution in [-0.2, 0) is 6.54 Å². The van der Waals surface area contributed by atoms with Gasteiger partial charge in [0.2, 0.25) is 0 Å². The number of hydrogen-bond acceptors (Lipinski definition) is 1. The van der Waals surface area contributed by atoms with Crippen LogP contribution in [-0.4, -0.2) is 5.91 Å². The summed E-state index contributed by atoms with van der Waals surface area (Å²) in [5.41, 5.74) is 2.89. The van der Waals surface area contributed by atoms with Gasteiger partial charge >= 0.3 is 0 Å². The van der Waals surface area contributed by atoms with Gasteiger partial charge in [-0.3, -0.25) is 4.79 Å². The van der Waals surface area contributed by atoms with Crippen LogP contribution in [0.3, 0.4) is 0 Å². The highest BCUT2D eigenvalue weighted by atomic mass is 16.1. The molecule has 3 heteroatoms. The van der Waals surface area contributed by atoms with Crippen molar-refractivity contribution in [2.45, 2.75) is 13.5 Å². The molecule has 1 aromatic heterocycles. The first-order chi connectivity index (χ1) is 8.25. The molecule has 2 aromatic rings. The Balaban J connectivity index is 1.96. The summed E-state index contributed by atoms with van der Waals surface area (Å²) in [6.45, 7) is 2.53. The zero-order chi connectivity index (χ0) is 12.1. The van der Waals surface area contributed by atoms with Crippen molar-refractivity contribution in [3.05, 3.63) is 65.5 Å². The lowest BCUT2D eigenvalue weighted by Crippen LogP contribution is -2.23. The van der Waals surface area contributed by atoms with Crippen LogP contribution >= 0.6 is 0 Å². The maximum absolute atomic E-state index is 11.8. The first-order valence-corrected chi connectivity index (χ1v) is 5.55. The molecule has 1 amide bonds. The van der Waals surface area contributed by atoms with Crippen LogP contribution in [0.1, 0.15) is 21.5 Å². The minimum Gasteiger partial charge on any atom is -0.348 e. The predicted molar refractivity (Wildman–Crippen MR) is 65.3 cm³/mol. The van der Waals surface area contributed by atoms with Gasteiger partial charge in [-0.25, -0.2) is 4.98 Å². The van der Waals surface area contributed by atoms with Crippen LogP contribution in [0.2, 0.25) is 0 Å². The number of amides is 1. The van der Waals surface area contributed by atoms with E-state index in [2.05, 4.69) is 10.3 Å². The van der Waals surface area contributed by atoms with Crippen LogP contribution < -0.4 is 10.3 Å². The highest BCUT2D eigenvalue weighted by molar-refractivity contribution is 5.94. The molecule has 2 rings (SSSR count). The Morgan fingerprint density at radius 3 is 2.65 bits per heavy atom. The number of aryl methyl sites for hydroxylation is 1. The highest BCUT2D eigenvalue weighted by Crippen LogP contribution is 2.03. The van der Waals surface area contributed by atoms with Gasteiger partial charge in [-0.05, 0) is 25.1 Å². The summed E-state index contributed by atoms with van der Waals surface area (Å²) < 4.78 is 0. The van der Waals surface area contributed by atoms with E-state index in [-0.39, 0.29) is 5.91 Å². The van der Waals surface area contributed by atoms with Crippen LogP contribution in [0.4, 0.5) is 0 Å². The fraction of sp³-hybridized carbons (Fsp3) is 0.143. The van der Waals surface area contributed by atoms with Crippen molar-refractivity contribution < 1.29 is 9.78 Å². The SMILES string of the molecule is Cc1ccc(C(=O)NCc2ccc[nH+]c2)cc1. The van der Waals surface area contributed by atoms with Crippen molar-refractivity contribution in [1.29, 1.82) is 0 Å². The number of hydrogen-bond donors (Lipinski definition) is 1. The van der Waals surface area contributed by atoms with Gasteiger partial charge in [0.1, 0.15) is 0 Å². The number of carbonyl (C=O) groups is 1. The van der Waals surface area contributed by atoms with Gasteiger partial charge in [-0.15, -0.1) is 0 Å². The smallest absolute Gasteiger partial charge is 0.251 e. The average Bonchev–Trinajstić information content (AvgIpc) is 2.38. The summed E-state index contributed by atoms with van der Waals surface area (Å²) in [5, 5.41) is 2.88. The molecule has 0 unspecified atom stereocenters. The molecule has 1 aromatic carbocycles. The molecule has 0 atom stereocenters. The summed E-state index contributed by atoms with van der Waals surface area (Å²) in [7, 11) is 0. The summed E-state index contributed by atoms with van der Waals surface area (Å²) in [5.74, 6) is -0.0474. The van der Waals surface area contributed by atoms with E-state index in [9.17, 15) is 4.79 Å². The normalized spacial score (nSPS) is 9.94. The number of carbonyl (C=O) groups excluding carboxylic acids is 1. The maximum atomic E-state index is 11.8. The third kappa shape index (κ3) is 3.14. The van der Waals surface area contributed by atoms with Crippen molar-refractivity contribution in [1.82, 2.24) is 5.32 Å². The van der Waals surface area contributed by atoms with Gasteiger partial charge < -0.3 is 5.32 Å². The molecule has 0 aliphatic rings. The number of aromatic nitrogens is 1. The van der Waals surface area contributed by atoms with Gasteiger partial charge in [0.25, 0.3) is 5.91 Å². The van der Waals surface area contributed by atoms with Crippen LogP contribution in [0.25, 0.3) is 0 Å². The molecule has 0 aliphatic heterocycles. The fourth-order valence-electron chi connectivity index (χ4n) is 1.53. The molecule has 0 saturated carbocycles. The molecule has 0 fully saturated rings. The predicted octanol–water partition coefficient (Wildman–Crippen LogP) is 1.74. The molecule has 17 heavy (non-hydrogen) atoms. The van der Waals surface area contributed by atoms with E-state index in [1.165, 1.54) is 0 Å². The molecule has 0 saturated heterocycles. The average molecular weight is 227 g/mol. The third-order valence-corrected chi connectivity index (χ3v) is 2.54. The minimum atomic E-state index is -0.0474. The van der Waals surface area contributed by atoms with Gasteiger partial charge in [-0.1, -0.05) is 17.7 Å².